The second kappa shape index (κ2) is 4.72. The molecule has 19 heavy (non-hydrogen) atoms. The Morgan fingerprint density at radius 1 is 1.05 bits per heavy atom. The quantitative estimate of drug-likeness (QED) is 0.598. The topological polar surface area (TPSA) is 72.9 Å². The number of carbonyl (C=O) groups excluding carboxylic acids is 3. The van der Waals surface area contributed by atoms with Gasteiger partial charge in [-0.2, -0.15) is 0 Å². The second-order valence-corrected chi connectivity index (χ2v) is 3.94. The number of rotatable bonds is 3. The van der Waals surface area contributed by atoms with Gasteiger partial charge in [-0.15, -0.1) is 0 Å². The van der Waals surface area contributed by atoms with E-state index in [9.17, 15) is 14.4 Å². The van der Waals surface area contributed by atoms with E-state index in [1.807, 2.05) is 0 Å². The average Bonchev–Trinajstić information content (AvgIpc) is 2.44. The molecule has 0 N–H and O–H groups in total. The number of ketones is 1. The van der Waals surface area contributed by atoms with Crippen LogP contribution in [0.3, 0.4) is 0 Å². The first-order valence-electron chi connectivity index (χ1n) is 5.71. The van der Waals surface area contributed by atoms with Crippen molar-refractivity contribution in [2.24, 2.45) is 0 Å². The zero-order valence-electron chi connectivity index (χ0n) is 10.9. The Balaban J connectivity index is 2.72. The van der Waals surface area contributed by atoms with Crippen LogP contribution in [0.25, 0.3) is 0 Å². The molecule has 0 spiro atoms. The van der Waals surface area contributed by atoms with Crippen molar-refractivity contribution >= 4 is 17.6 Å². The van der Waals surface area contributed by atoms with Crippen molar-refractivity contribution in [2.75, 3.05) is 20.8 Å². The summed E-state index contributed by atoms with van der Waals surface area (Å²) in [6.45, 7) is 1.77. The van der Waals surface area contributed by atoms with E-state index in [-0.39, 0.29) is 23.4 Å². The third-order valence-corrected chi connectivity index (χ3v) is 2.99. The van der Waals surface area contributed by atoms with Gasteiger partial charge in [0.1, 0.15) is 11.5 Å². The van der Waals surface area contributed by atoms with E-state index >= 15 is 0 Å². The molecule has 0 aliphatic carbocycles. The molecule has 1 aromatic rings. The fourth-order valence-electron chi connectivity index (χ4n) is 2.03. The van der Waals surface area contributed by atoms with Crippen LogP contribution in [0.5, 0.6) is 11.5 Å². The standard InChI is InChI=1S/C13H13NO5/c1-4-14-12(16)8-5-7(18-2)6-9(19-3)10(8)11(15)13(14)17/h5-6H,4H2,1-3H3. The molecule has 0 aromatic heterocycles. The van der Waals surface area contributed by atoms with E-state index in [0.717, 1.165) is 4.90 Å². The van der Waals surface area contributed by atoms with Gasteiger partial charge >= 0.3 is 5.91 Å². The highest BCUT2D eigenvalue weighted by Gasteiger charge is 2.39. The zero-order chi connectivity index (χ0) is 14.2. The molecular formula is C13H13NO5. The number of likely N-dealkylation sites (N-methyl/N-ethyl adjacent to an activating group) is 1. The Hall–Kier alpha value is -2.37. The van der Waals surface area contributed by atoms with Gasteiger partial charge in [-0.3, -0.25) is 19.3 Å². The number of methoxy groups -OCH3 is 2. The van der Waals surface area contributed by atoms with E-state index in [0.29, 0.717) is 5.75 Å². The maximum atomic E-state index is 12.2. The van der Waals surface area contributed by atoms with Gasteiger partial charge in [0, 0.05) is 12.6 Å². The largest absolute Gasteiger partial charge is 0.497 e. The molecule has 100 valence electrons. The van der Waals surface area contributed by atoms with Crippen molar-refractivity contribution < 1.29 is 23.9 Å². The van der Waals surface area contributed by atoms with E-state index in [1.54, 1.807) is 6.92 Å². The van der Waals surface area contributed by atoms with Gasteiger partial charge in [0.2, 0.25) is 0 Å². The molecule has 0 bridgehead atoms. The fraction of sp³-hybridized carbons (Fsp3) is 0.308. The lowest BCUT2D eigenvalue weighted by molar-refractivity contribution is -0.124. The van der Waals surface area contributed by atoms with Crippen molar-refractivity contribution in [3.05, 3.63) is 23.3 Å². The summed E-state index contributed by atoms with van der Waals surface area (Å²) in [4.78, 5) is 37.0. The van der Waals surface area contributed by atoms with Gasteiger partial charge in [-0.1, -0.05) is 0 Å². The minimum Gasteiger partial charge on any atom is -0.497 e. The first-order chi connectivity index (χ1) is 9.04. The molecular weight excluding hydrogens is 250 g/mol. The van der Waals surface area contributed by atoms with Crippen LogP contribution >= 0.6 is 0 Å². The van der Waals surface area contributed by atoms with Crippen LogP contribution in [-0.2, 0) is 4.79 Å². The molecule has 0 fully saturated rings. The Morgan fingerprint density at radius 2 is 1.74 bits per heavy atom. The molecule has 6 nitrogen and oxygen atoms in total. The van der Waals surface area contributed by atoms with Gasteiger partial charge in [-0.05, 0) is 13.0 Å². The highest BCUT2D eigenvalue weighted by atomic mass is 16.5. The van der Waals surface area contributed by atoms with Crippen LogP contribution in [0.2, 0.25) is 0 Å². The summed E-state index contributed by atoms with van der Waals surface area (Å²) < 4.78 is 10.1. The number of hydrogen-bond acceptors (Lipinski definition) is 5. The number of hydrogen-bond donors (Lipinski definition) is 0. The SMILES string of the molecule is CCN1C(=O)C(=O)c2c(OC)cc(OC)cc2C1=O. The maximum absolute atomic E-state index is 12.2. The van der Waals surface area contributed by atoms with Gasteiger partial charge in [0.05, 0.1) is 25.3 Å². The summed E-state index contributed by atoms with van der Waals surface area (Å²) in [6, 6.07) is 2.91. The van der Waals surface area contributed by atoms with Crippen LogP contribution in [0, 0.1) is 0 Å². The smallest absolute Gasteiger partial charge is 0.301 e. The molecule has 0 radical (unpaired) electrons. The number of ether oxygens (including phenoxy) is 2. The lowest BCUT2D eigenvalue weighted by Crippen LogP contribution is -2.46. The number of benzene rings is 1. The zero-order valence-corrected chi connectivity index (χ0v) is 10.9. The Labute approximate surface area is 109 Å². The Morgan fingerprint density at radius 3 is 2.26 bits per heavy atom. The molecule has 2 amide bonds. The van der Waals surface area contributed by atoms with Crippen molar-refractivity contribution in [1.82, 2.24) is 4.90 Å². The molecule has 0 unspecified atom stereocenters. The van der Waals surface area contributed by atoms with Crippen LogP contribution in [0.4, 0.5) is 0 Å². The summed E-state index contributed by atoms with van der Waals surface area (Å²) in [5.41, 5.74) is 0.130. The predicted molar refractivity (Wildman–Crippen MR) is 65.6 cm³/mol. The minimum absolute atomic E-state index is 0.00278. The van der Waals surface area contributed by atoms with E-state index in [4.69, 9.17) is 9.47 Å². The van der Waals surface area contributed by atoms with Gasteiger partial charge < -0.3 is 9.47 Å². The van der Waals surface area contributed by atoms with Crippen LogP contribution in [-0.4, -0.2) is 43.3 Å². The molecule has 1 aliphatic rings. The van der Waals surface area contributed by atoms with Gasteiger partial charge in [-0.25, -0.2) is 0 Å². The molecule has 0 atom stereocenters. The fourth-order valence-corrected chi connectivity index (χ4v) is 2.03. The highest BCUT2D eigenvalue weighted by Crippen LogP contribution is 2.33. The summed E-state index contributed by atoms with van der Waals surface area (Å²) in [5.74, 6) is -1.53. The third kappa shape index (κ3) is 1.85. The van der Waals surface area contributed by atoms with Crippen molar-refractivity contribution in [1.29, 1.82) is 0 Å². The van der Waals surface area contributed by atoms with Crippen LogP contribution in [0.1, 0.15) is 27.6 Å². The van der Waals surface area contributed by atoms with Gasteiger partial charge in [0.15, 0.2) is 0 Å². The summed E-state index contributed by atoms with van der Waals surface area (Å²) in [6.07, 6.45) is 0. The van der Waals surface area contributed by atoms with Gasteiger partial charge in [0.25, 0.3) is 11.7 Å². The Kier molecular flexibility index (Phi) is 3.25. The predicted octanol–water partition coefficient (Wildman–Crippen LogP) is 0.889. The third-order valence-electron chi connectivity index (χ3n) is 2.99. The number of carbonyl (C=O) groups is 3. The second-order valence-electron chi connectivity index (χ2n) is 3.94. The molecule has 1 aromatic carbocycles. The maximum Gasteiger partial charge on any atom is 0.301 e. The van der Waals surface area contributed by atoms with E-state index < -0.39 is 17.6 Å². The number of fused-ring (bicyclic) bond motifs is 1. The molecule has 0 saturated heterocycles. The normalized spacial score (nSPS) is 14.5. The lowest BCUT2D eigenvalue weighted by atomic mass is 9.95. The first-order valence-corrected chi connectivity index (χ1v) is 5.71. The number of amides is 2. The van der Waals surface area contributed by atoms with E-state index in [2.05, 4.69) is 0 Å². The number of Topliss-reactive ketones (excluding diaryl/α,β-unsaturated/α-hetero) is 1. The highest BCUT2D eigenvalue weighted by molar-refractivity contribution is 6.49. The summed E-state index contributed by atoms with van der Waals surface area (Å²) in [7, 11) is 2.81. The number of nitrogens with zero attached hydrogens (tertiary/aromatic N) is 1. The average molecular weight is 263 g/mol. The Bertz CT molecular complexity index is 579. The molecule has 1 aliphatic heterocycles. The van der Waals surface area contributed by atoms with Crippen molar-refractivity contribution in [3.8, 4) is 11.5 Å². The van der Waals surface area contributed by atoms with Crippen LogP contribution < -0.4 is 9.47 Å². The molecule has 1 heterocycles. The molecule has 0 saturated carbocycles. The monoisotopic (exact) mass is 263 g/mol. The minimum atomic E-state index is -0.830. The van der Waals surface area contributed by atoms with Crippen molar-refractivity contribution in [2.45, 2.75) is 6.92 Å². The van der Waals surface area contributed by atoms with Crippen molar-refractivity contribution in [3.63, 3.8) is 0 Å². The van der Waals surface area contributed by atoms with Crippen LogP contribution in [0.15, 0.2) is 12.1 Å². The summed E-state index contributed by atoms with van der Waals surface area (Å²) in [5, 5.41) is 0. The van der Waals surface area contributed by atoms with E-state index in [1.165, 1.54) is 26.4 Å². The lowest BCUT2D eigenvalue weighted by Gasteiger charge is -2.25. The number of imide groups is 1. The molecule has 6 heteroatoms. The first kappa shape index (κ1) is 13.1. The summed E-state index contributed by atoms with van der Waals surface area (Å²) >= 11 is 0. The molecule has 2 rings (SSSR count).